The molecule has 3 N–H and O–H groups in total. The van der Waals surface area contributed by atoms with Gasteiger partial charge in [-0.05, 0) is 71.3 Å². The Labute approximate surface area is 204 Å². The van der Waals surface area contributed by atoms with Crippen molar-refractivity contribution < 1.29 is 19.7 Å². The maximum atomic E-state index is 11.4. The van der Waals surface area contributed by atoms with Gasteiger partial charge in [-0.3, -0.25) is 0 Å². The highest BCUT2D eigenvalue weighted by atomic mass is 35.5. The minimum atomic E-state index is -1.01. The van der Waals surface area contributed by atoms with Crippen LogP contribution in [0.3, 0.4) is 0 Å². The summed E-state index contributed by atoms with van der Waals surface area (Å²) in [5, 5.41) is 24.0. The monoisotopic (exact) mass is 487 g/mol. The van der Waals surface area contributed by atoms with Crippen molar-refractivity contribution in [3.8, 4) is 16.9 Å². The van der Waals surface area contributed by atoms with Crippen LogP contribution in [0, 0.1) is 0 Å². The van der Waals surface area contributed by atoms with Gasteiger partial charge in [-0.15, -0.1) is 12.4 Å². The summed E-state index contributed by atoms with van der Waals surface area (Å²) in [7, 11) is 1.48. The van der Waals surface area contributed by atoms with Gasteiger partial charge < -0.3 is 20.3 Å². The number of aryl methyl sites for hydroxylation is 1. The predicted molar refractivity (Wildman–Crippen MR) is 133 cm³/mol. The molecule has 7 heteroatoms. The third-order valence-corrected chi connectivity index (χ3v) is 6.31. The van der Waals surface area contributed by atoms with E-state index in [0.29, 0.717) is 17.3 Å². The van der Waals surface area contributed by atoms with Gasteiger partial charge in [-0.25, -0.2) is 4.79 Å². The maximum Gasteiger partial charge on any atom is 0.339 e. The molecule has 3 aromatic rings. The zero-order valence-corrected chi connectivity index (χ0v) is 19.8. The zero-order chi connectivity index (χ0) is 22.7. The van der Waals surface area contributed by atoms with Gasteiger partial charge >= 0.3 is 5.97 Å². The van der Waals surface area contributed by atoms with Crippen LogP contribution in [0.5, 0.6) is 5.75 Å². The first-order valence-electron chi connectivity index (χ1n) is 10.6. The second-order valence-corrected chi connectivity index (χ2v) is 8.56. The van der Waals surface area contributed by atoms with E-state index < -0.39 is 12.1 Å². The Kier molecular flexibility index (Phi) is 8.38. The average Bonchev–Trinajstić information content (AvgIpc) is 2.82. The molecular weight excluding hydrogens is 461 g/mol. The number of carbonyl (C=O) groups is 1. The molecule has 3 aromatic carbocycles. The Bertz CT molecular complexity index is 1120. The Balaban J connectivity index is 0.00000306. The average molecular weight is 488 g/mol. The second kappa shape index (κ2) is 11.0. The van der Waals surface area contributed by atoms with Crippen molar-refractivity contribution in [1.29, 1.82) is 0 Å². The number of carboxylic acids is 1. The van der Waals surface area contributed by atoms with E-state index in [0.717, 1.165) is 36.0 Å². The first kappa shape index (κ1) is 25.1. The number of carboxylic acid groups (broad SMARTS) is 1. The molecule has 0 amide bonds. The minimum absolute atomic E-state index is 0. The number of hydrogen-bond acceptors (Lipinski definition) is 4. The fraction of sp³-hybridized carbons (Fsp3) is 0.269. The lowest BCUT2D eigenvalue weighted by Gasteiger charge is -2.27. The molecule has 0 unspecified atom stereocenters. The first-order chi connectivity index (χ1) is 15.4. The van der Waals surface area contributed by atoms with E-state index in [2.05, 4.69) is 23.5 Å². The Morgan fingerprint density at radius 3 is 2.48 bits per heavy atom. The highest BCUT2D eigenvalue weighted by Crippen LogP contribution is 2.31. The van der Waals surface area contributed by atoms with Gasteiger partial charge in [-0.1, -0.05) is 48.0 Å². The van der Waals surface area contributed by atoms with Crippen molar-refractivity contribution in [1.82, 2.24) is 5.32 Å². The highest BCUT2D eigenvalue weighted by molar-refractivity contribution is 6.30. The Morgan fingerprint density at radius 2 is 1.79 bits per heavy atom. The third-order valence-electron chi connectivity index (χ3n) is 6.05. The summed E-state index contributed by atoms with van der Waals surface area (Å²) in [5.74, 6) is -0.656. The number of nitrogens with one attached hydrogen (secondary N) is 1. The SMILES string of the molecule is COc1cc(-c2ccc3c(c2)C[C@@H](NC[C@H](O)c2ccc(Cl)cc2)CC3)ccc1C(=O)O.Cl. The van der Waals surface area contributed by atoms with E-state index in [1.165, 1.54) is 18.2 Å². The van der Waals surface area contributed by atoms with E-state index in [-0.39, 0.29) is 24.0 Å². The number of fused-ring (bicyclic) bond motifs is 1. The number of aromatic carboxylic acids is 1. The number of hydrogen-bond donors (Lipinski definition) is 3. The Hall–Kier alpha value is -2.57. The van der Waals surface area contributed by atoms with Crippen molar-refractivity contribution in [2.24, 2.45) is 0 Å². The van der Waals surface area contributed by atoms with Crippen LogP contribution in [0.15, 0.2) is 60.7 Å². The fourth-order valence-corrected chi connectivity index (χ4v) is 4.37. The van der Waals surface area contributed by atoms with Crippen LogP contribution in [0.2, 0.25) is 5.02 Å². The molecule has 1 aliphatic carbocycles. The summed E-state index contributed by atoms with van der Waals surface area (Å²) in [5.41, 5.74) is 5.55. The fourth-order valence-electron chi connectivity index (χ4n) is 4.24. The summed E-state index contributed by atoms with van der Waals surface area (Å²) in [6.07, 6.45) is 2.29. The number of methoxy groups -OCH3 is 1. The molecule has 0 heterocycles. The van der Waals surface area contributed by atoms with Gasteiger partial charge in [0.1, 0.15) is 11.3 Å². The van der Waals surface area contributed by atoms with Crippen molar-refractivity contribution in [2.45, 2.75) is 31.4 Å². The van der Waals surface area contributed by atoms with Crippen LogP contribution < -0.4 is 10.1 Å². The van der Waals surface area contributed by atoms with Gasteiger partial charge in [0.2, 0.25) is 0 Å². The molecule has 0 aromatic heterocycles. The lowest BCUT2D eigenvalue weighted by atomic mass is 9.86. The molecule has 2 atom stereocenters. The molecule has 0 aliphatic heterocycles. The molecule has 0 saturated heterocycles. The maximum absolute atomic E-state index is 11.4. The van der Waals surface area contributed by atoms with Gasteiger partial charge in [0.25, 0.3) is 0 Å². The quantitative estimate of drug-likeness (QED) is 0.420. The molecule has 33 heavy (non-hydrogen) atoms. The topological polar surface area (TPSA) is 78.8 Å². The van der Waals surface area contributed by atoms with Crippen molar-refractivity contribution in [3.63, 3.8) is 0 Å². The van der Waals surface area contributed by atoms with Crippen molar-refractivity contribution in [3.05, 3.63) is 87.9 Å². The molecule has 174 valence electrons. The van der Waals surface area contributed by atoms with Crippen LogP contribution in [0.1, 0.15) is 39.6 Å². The third kappa shape index (κ3) is 5.87. The number of benzene rings is 3. The molecule has 0 spiro atoms. The number of aliphatic hydroxyl groups excluding tert-OH is 1. The molecule has 4 rings (SSSR count). The molecular formula is C26H27Cl2NO4. The minimum Gasteiger partial charge on any atom is -0.496 e. The van der Waals surface area contributed by atoms with Crippen LogP contribution in [-0.4, -0.2) is 35.9 Å². The van der Waals surface area contributed by atoms with Gasteiger partial charge in [-0.2, -0.15) is 0 Å². The van der Waals surface area contributed by atoms with Crippen LogP contribution in [-0.2, 0) is 12.8 Å². The molecule has 5 nitrogen and oxygen atoms in total. The van der Waals surface area contributed by atoms with Crippen LogP contribution in [0.25, 0.3) is 11.1 Å². The summed E-state index contributed by atoms with van der Waals surface area (Å²) < 4.78 is 5.27. The molecule has 0 radical (unpaired) electrons. The van der Waals surface area contributed by atoms with E-state index in [1.54, 1.807) is 24.3 Å². The normalized spacial score (nSPS) is 15.8. The van der Waals surface area contributed by atoms with Gasteiger partial charge in [0, 0.05) is 17.6 Å². The number of aliphatic hydroxyl groups is 1. The van der Waals surface area contributed by atoms with E-state index in [4.69, 9.17) is 16.3 Å². The zero-order valence-electron chi connectivity index (χ0n) is 18.3. The summed E-state index contributed by atoms with van der Waals surface area (Å²) >= 11 is 5.93. The Morgan fingerprint density at radius 1 is 1.09 bits per heavy atom. The highest BCUT2D eigenvalue weighted by Gasteiger charge is 2.20. The van der Waals surface area contributed by atoms with E-state index in [1.807, 2.05) is 18.2 Å². The lowest BCUT2D eigenvalue weighted by Crippen LogP contribution is -2.37. The molecule has 0 fully saturated rings. The predicted octanol–water partition coefficient (Wildman–Crippen LogP) is 5.32. The van der Waals surface area contributed by atoms with E-state index in [9.17, 15) is 15.0 Å². The number of ether oxygens (including phenoxy) is 1. The number of halogens is 2. The molecule has 0 bridgehead atoms. The van der Waals surface area contributed by atoms with Crippen LogP contribution in [0.4, 0.5) is 0 Å². The smallest absolute Gasteiger partial charge is 0.339 e. The molecule has 0 saturated carbocycles. The van der Waals surface area contributed by atoms with Crippen LogP contribution >= 0.6 is 24.0 Å². The number of rotatable bonds is 7. The van der Waals surface area contributed by atoms with Crippen molar-refractivity contribution >= 4 is 30.0 Å². The standard InChI is InChI=1S/C26H26ClNO4.ClH/c1-32-25-14-19(7-11-23(25)26(30)31)18-3-2-16-6-10-22(13-20(16)12-18)28-15-24(29)17-4-8-21(27)9-5-17;/h2-5,7-9,11-12,14,22,24,28-29H,6,10,13,15H2,1H3,(H,30,31);1H/t22-,24-;/m0./s1. The summed E-state index contributed by atoms with van der Waals surface area (Å²) in [6, 6.07) is 19.1. The summed E-state index contributed by atoms with van der Waals surface area (Å²) in [6.45, 7) is 0.481. The first-order valence-corrected chi connectivity index (χ1v) is 11.0. The summed E-state index contributed by atoms with van der Waals surface area (Å²) in [4.78, 5) is 11.4. The van der Waals surface area contributed by atoms with Gasteiger partial charge in [0.15, 0.2) is 0 Å². The van der Waals surface area contributed by atoms with Crippen molar-refractivity contribution in [2.75, 3.05) is 13.7 Å². The van der Waals surface area contributed by atoms with Gasteiger partial charge in [0.05, 0.1) is 13.2 Å². The molecule has 1 aliphatic rings. The largest absolute Gasteiger partial charge is 0.496 e. The second-order valence-electron chi connectivity index (χ2n) is 8.12. The lowest BCUT2D eigenvalue weighted by molar-refractivity contribution is 0.0693. The van der Waals surface area contributed by atoms with E-state index >= 15 is 0 Å².